The van der Waals surface area contributed by atoms with Crippen LogP contribution < -0.4 is 4.74 Å². The number of para-hydroxylation sites is 1. The Bertz CT molecular complexity index is 343. The summed E-state index contributed by atoms with van der Waals surface area (Å²) in [4.78, 5) is 11.3. The molecule has 80 valence electrons. The van der Waals surface area contributed by atoms with E-state index in [1.165, 1.54) is 0 Å². The van der Waals surface area contributed by atoms with Gasteiger partial charge in [0.25, 0.3) is 0 Å². The summed E-state index contributed by atoms with van der Waals surface area (Å²) in [5.74, 6) is 0.658. The minimum absolute atomic E-state index is 0.138. The highest BCUT2D eigenvalue weighted by molar-refractivity contribution is 5.82. The van der Waals surface area contributed by atoms with E-state index in [2.05, 4.69) is 0 Å². The molecule has 1 aromatic carbocycles. The van der Waals surface area contributed by atoms with Gasteiger partial charge in [-0.3, -0.25) is 4.79 Å². The molecule has 3 heteroatoms. The van der Waals surface area contributed by atoms with Crippen molar-refractivity contribution in [3.05, 3.63) is 30.3 Å². The second-order valence-corrected chi connectivity index (χ2v) is 3.81. The third kappa shape index (κ3) is 1.82. The molecule has 1 saturated heterocycles. The lowest BCUT2D eigenvalue weighted by Crippen LogP contribution is -2.51. The fourth-order valence-corrected chi connectivity index (χ4v) is 1.52. The molecule has 0 bridgehead atoms. The van der Waals surface area contributed by atoms with Crippen molar-refractivity contribution >= 4 is 5.97 Å². The molecule has 0 N–H and O–H groups in total. The van der Waals surface area contributed by atoms with E-state index in [1.807, 2.05) is 37.3 Å². The van der Waals surface area contributed by atoms with E-state index >= 15 is 0 Å². The second kappa shape index (κ2) is 3.93. The largest absolute Gasteiger partial charge is 0.492 e. The zero-order valence-electron chi connectivity index (χ0n) is 8.73. The number of rotatable bonds is 4. The smallest absolute Gasteiger partial charge is 0.319 e. The first-order valence-corrected chi connectivity index (χ1v) is 5.12. The summed E-state index contributed by atoms with van der Waals surface area (Å²) < 4.78 is 10.4. The first kappa shape index (κ1) is 10.0. The normalized spacial score (nSPS) is 24.2. The standard InChI is InChI=1S/C12H14O3/c1-2-12(9-15-11(12)13)8-14-10-6-4-3-5-7-10/h3-7H,2,8-9H2,1H3. The van der Waals surface area contributed by atoms with Crippen LogP contribution in [-0.4, -0.2) is 19.2 Å². The van der Waals surface area contributed by atoms with Crippen LogP contribution in [0.5, 0.6) is 5.75 Å². The molecule has 1 unspecified atom stereocenters. The Morgan fingerprint density at radius 1 is 1.40 bits per heavy atom. The van der Waals surface area contributed by atoms with Gasteiger partial charge in [-0.25, -0.2) is 0 Å². The fourth-order valence-electron chi connectivity index (χ4n) is 1.52. The number of ether oxygens (including phenoxy) is 2. The first-order valence-electron chi connectivity index (χ1n) is 5.12. The molecule has 0 radical (unpaired) electrons. The summed E-state index contributed by atoms with van der Waals surface area (Å²) in [7, 11) is 0. The Morgan fingerprint density at radius 2 is 2.13 bits per heavy atom. The highest BCUT2D eigenvalue weighted by Crippen LogP contribution is 2.33. The third-order valence-electron chi connectivity index (χ3n) is 2.85. The van der Waals surface area contributed by atoms with Crippen molar-refractivity contribution < 1.29 is 14.3 Å². The summed E-state index contributed by atoms with van der Waals surface area (Å²) in [5.41, 5.74) is -0.407. The Hall–Kier alpha value is -1.51. The molecule has 0 amide bonds. The van der Waals surface area contributed by atoms with Crippen LogP contribution in [0, 0.1) is 5.41 Å². The van der Waals surface area contributed by atoms with Crippen molar-refractivity contribution in [3.63, 3.8) is 0 Å². The third-order valence-corrected chi connectivity index (χ3v) is 2.85. The number of cyclic esters (lactones) is 1. The predicted octanol–water partition coefficient (Wildman–Crippen LogP) is 2.02. The van der Waals surface area contributed by atoms with Gasteiger partial charge in [-0.1, -0.05) is 25.1 Å². The second-order valence-electron chi connectivity index (χ2n) is 3.81. The summed E-state index contributed by atoms with van der Waals surface area (Å²) in [5, 5.41) is 0. The highest BCUT2D eigenvalue weighted by Gasteiger charge is 2.48. The van der Waals surface area contributed by atoms with Crippen LogP contribution in [0.15, 0.2) is 30.3 Å². The molecule has 1 aliphatic heterocycles. The monoisotopic (exact) mass is 206 g/mol. The number of benzene rings is 1. The van der Waals surface area contributed by atoms with Gasteiger partial charge in [0.05, 0.1) is 0 Å². The lowest BCUT2D eigenvalue weighted by atomic mass is 9.83. The maximum Gasteiger partial charge on any atom is 0.319 e. The SMILES string of the molecule is CCC1(COc2ccccc2)COC1=O. The van der Waals surface area contributed by atoms with E-state index < -0.39 is 5.41 Å². The quantitative estimate of drug-likeness (QED) is 0.707. The number of carbonyl (C=O) groups excluding carboxylic acids is 1. The molecule has 1 aliphatic rings. The van der Waals surface area contributed by atoms with E-state index in [9.17, 15) is 4.79 Å². The van der Waals surface area contributed by atoms with Crippen LogP contribution >= 0.6 is 0 Å². The van der Waals surface area contributed by atoms with Crippen molar-refractivity contribution in [1.82, 2.24) is 0 Å². The molecule has 0 saturated carbocycles. The molecule has 15 heavy (non-hydrogen) atoms. The molecule has 0 aromatic heterocycles. The Labute approximate surface area is 89.0 Å². The van der Waals surface area contributed by atoms with Gasteiger partial charge in [0, 0.05) is 0 Å². The maximum absolute atomic E-state index is 11.3. The van der Waals surface area contributed by atoms with Crippen LogP contribution in [0.25, 0.3) is 0 Å². The lowest BCUT2D eigenvalue weighted by Gasteiger charge is -2.37. The van der Waals surface area contributed by atoms with Crippen LogP contribution in [-0.2, 0) is 9.53 Å². The van der Waals surface area contributed by atoms with Gasteiger partial charge in [-0.05, 0) is 18.6 Å². The lowest BCUT2D eigenvalue weighted by molar-refractivity contribution is -0.190. The Kier molecular flexibility index (Phi) is 2.62. The van der Waals surface area contributed by atoms with Gasteiger partial charge in [0.2, 0.25) is 0 Å². The van der Waals surface area contributed by atoms with E-state index in [1.54, 1.807) is 0 Å². The summed E-state index contributed by atoms with van der Waals surface area (Å²) >= 11 is 0. The first-order chi connectivity index (χ1) is 7.27. The minimum atomic E-state index is -0.407. The number of carbonyl (C=O) groups is 1. The van der Waals surface area contributed by atoms with Gasteiger partial charge < -0.3 is 9.47 Å². The maximum atomic E-state index is 11.3. The topological polar surface area (TPSA) is 35.5 Å². The summed E-state index contributed by atoms with van der Waals surface area (Å²) in [6, 6.07) is 9.51. The molecule has 2 rings (SSSR count). The van der Waals surface area contributed by atoms with Crippen molar-refractivity contribution in [1.29, 1.82) is 0 Å². The van der Waals surface area contributed by atoms with E-state index in [0.717, 1.165) is 12.2 Å². The van der Waals surface area contributed by atoms with Gasteiger partial charge >= 0.3 is 5.97 Å². The van der Waals surface area contributed by atoms with Crippen molar-refractivity contribution in [3.8, 4) is 5.75 Å². The summed E-state index contributed by atoms with van der Waals surface area (Å²) in [6.45, 7) is 2.87. The molecule has 1 fully saturated rings. The average Bonchev–Trinajstić information content (AvgIpc) is 2.30. The van der Waals surface area contributed by atoms with E-state index in [-0.39, 0.29) is 5.97 Å². The van der Waals surface area contributed by atoms with Crippen molar-refractivity contribution in [2.45, 2.75) is 13.3 Å². The molecule has 0 spiro atoms. The van der Waals surface area contributed by atoms with Gasteiger partial charge in [-0.15, -0.1) is 0 Å². The fraction of sp³-hybridized carbons (Fsp3) is 0.417. The van der Waals surface area contributed by atoms with Crippen LogP contribution in [0.1, 0.15) is 13.3 Å². The van der Waals surface area contributed by atoms with Crippen molar-refractivity contribution in [2.24, 2.45) is 5.41 Å². The van der Waals surface area contributed by atoms with E-state index in [0.29, 0.717) is 13.2 Å². The number of esters is 1. The Balaban J connectivity index is 1.95. The molecular weight excluding hydrogens is 192 g/mol. The molecule has 1 atom stereocenters. The number of hydrogen-bond donors (Lipinski definition) is 0. The zero-order valence-corrected chi connectivity index (χ0v) is 8.73. The Morgan fingerprint density at radius 3 is 2.60 bits per heavy atom. The summed E-state index contributed by atoms with van der Waals surface area (Å²) in [6.07, 6.45) is 0.763. The molecule has 3 nitrogen and oxygen atoms in total. The van der Waals surface area contributed by atoms with Gasteiger partial charge in [-0.2, -0.15) is 0 Å². The van der Waals surface area contributed by atoms with Gasteiger partial charge in [0.1, 0.15) is 24.4 Å². The van der Waals surface area contributed by atoms with Gasteiger partial charge in [0.15, 0.2) is 0 Å². The minimum Gasteiger partial charge on any atom is -0.492 e. The zero-order chi connectivity index (χ0) is 10.7. The average molecular weight is 206 g/mol. The van der Waals surface area contributed by atoms with Crippen LogP contribution in [0.3, 0.4) is 0 Å². The van der Waals surface area contributed by atoms with Crippen LogP contribution in [0.2, 0.25) is 0 Å². The van der Waals surface area contributed by atoms with E-state index in [4.69, 9.17) is 9.47 Å². The van der Waals surface area contributed by atoms with Crippen molar-refractivity contribution in [2.75, 3.05) is 13.2 Å². The molecule has 0 aliphatic carbocycles. The number of hydrogen-bond acceptors (Lipinski definition) is 3. The predicted molar refractivity (Wildman–Crippen MR) is 55.6 cm³/mol. The highest BCUT2D eigenvalue weighted by atomic mass is 16.6. The molecule has 1 aromatic rings. The molecule has 1 heterocycles. The van der Waals surface area contributed by atoms with Crippen LogP contribution in [0.4, 0.5) is 0 Å². The molecular formula is C12H14O3.